The van der Waals surface area contributed by atoms with Crippen molar-refractivity contribution in [3.8, 4) is 0 Å². The van der Waals surface area contributed by atoms with Crippen LogP contribution < -0.4 is 0 Å². The first kappa shape index (κ1) is 13.5. The van der Waals surface area contributed by atoms with Crippen LogP contribution in [0.3, 0.4) is 0 Å². The van der Waals surface area contributed by atoms with Gasteiger partial charge in [0, 0.05) is 21.9 Å². The largest absolute Gasteiger partial charge is 0.242 e. The summed E-state index contributed by atoms with van der Waals surface area (Å²) in [4.78, 5) is 8.44. The highest BCUT2D eigenvalue weighted by atomic mass is 127. The van der Waals surface area contributed by atoms with Gasteiger partial charge in [0.25, 0.3) is 0 Å². The lowest BCUT2D eigenvalue weighted by Gasteiger charge is -2.05. The molecule has 0 amide bonds. The number of rotatable bonds is 4. The van der Waals surface area contributed by atoms with Crippen LogP contribution in [0.25, 0.3) is 0 Å². The number of alkyl halides is 1. The first-order valence-electron chi connectivity index (χ1n) is 4.68. The van der Waals surface area contributed by atoms with Gasteiger partial charge in [-0.15, -0.1) is 0 Å². The van der Waals surface area contributed by atoms with Crippen molar-refractivity contribution >= 4 is 34.6 Å². The van der Waals surface area contributed by atoms with Crippen molar-refractivity contribution in [3.05, 3.63) is 24.4 Å². The third-order valence-corrected chi connectivity index (χ3v) is 2.31. The summed E-state index contributed by atoms with van der Waals surface area (Å²) in [6, 6.07) is 0. The van der Waals surface area contributed by atoms with E-state index in [1.54, 1.807) is 12.4 Å². The summed E-state index contributed by atoms with van der Waals surface area (Å²) in [6.45, 7) is 10.00. The Morgan fingerprint density at radius 2 is 2.21 bits per heavy atom. The molecule has 3 heteroatoms. The van der Waals surface area contributed by atoms with Crippen molar-refractivity contribution in [1.82, 2.24) is 0 Å². The molecule has 0 aliphatic carbocycles. The Balaban J connectivity index is 4.67. The Morgan fingerprint density at radius 3 is 2.64 bits per heavy atom. The van der Waals surface area contributed by atoms with Gasteiger partial charge in [0.15, 0.2) is 5.84 Å². The number of aliphatic imine (C=N–C) groups is 2. The van der Waals surface area contributed by atoms with E-state index in [-0.39, 0.29) is 0 Å². The number of halogens is 1. The molecule has 0 N–H and O–H groups in total. The second-order valence-corrected chi connectivity index (χ2v) is 4.64. The fraction of sp³-hybridized carbons (Fsp3) is 0.455. The van der Waals surface area contributed by atoms with Crippen LogP contribution in [0, 0.1) is 0 Å². The van der Waals surface area contributed by atoms with Gasteiger partial charge in [-0.2, -0.15) is 0 Å². The minimum absolute atomic E-state index is 0.352. The van der Waals surface area contributed by atoms with Crippen molar-refractivity contribution in [3.63, 3.8) is 0 Å². The Labute approximate surface area is 100 Å². The zero-order valence-corrected chi connectivity index (χ0v) is 11.2. The van der Waals surface area contributed by atoms with E-state index in [1.165, 1.54) is 0 Å². The lowest BCUT2D eigenvalue weighted by atomic mass is 10.2. The first-order chi connectivity index (χ1) is 6.63. The highest BCUT2D eigenvalue weighted by molar-refractivity contribution is 14.1. The molecule has 0 rings (SSSR count). The van der Waals surface area contributed by atoms with E-state index in [9.17, 15) is 0 Å². The smallest absolute Gasteiger partial charge is 0.155 e. The molecule has 1 atom stereocenters. The number of amidine groups is 1. The Hall–Kier alpha value is -0.450. The lowest BCUT2D eigenvalue weighted by Crippen LogP contribution is -2.06. The molecule has 0 aromatic carbocycles. The molecule has 0 saturated carbocycles. The maximum absolute atomic E-state index is 4.26. The van der Waals surface area contributed by atoms with Crippen molar-refractivity contribution in [1.29, 1.82) is 0 Å². The fourth-order valence-corrected chi connectivity index (χ4v) is 1.01. The van der Waals surface area contributed by atoms with E-state index in [0.29, 0.717) is 3.92 Å². The molecule has 0 heterocycles. The molecule has 78 valence electrons. The monoisotopic (exact) mass is 304 g/mol. The Kier molecular flexibility index (Phi) is 7.65. The van der Waals surface area contributed by atoms with E-state index >= 15 is 0 Å². The maximum Gasteiger partial charge on any atom is 0.155 e. The van der Waals surface area contributed by atoms with Gasteiger partial charge >= 0.3 is 0 Å². The van der Waals surface area contributed by atoms with Crippen LogP contribution in [-0.2, 0) is 0 Å². The Morgan fingerprint density at radius 1 is 1.57 bits per heavy atom. The number of hydrogen-bond acceptors (Lipinski definition) is 1. The van der Waals surface area contributed by atoms with Crippen molar-refractivity contribution < 1.29 is 0 Å². The van der Waals surface area contributed by atoms with Gasteiger partial charge in [-0.1, -0.05) is 42.2 Å². The van der Waals surface area contributed by atoms with E-state index in [1.807, 2.05) is 13.0 Å². The van der Waals surface area contributed by atoms with Crippen LogP contribution in [0.2, 0.25) is 0 Å². The molecule has 14 heavy (non-hydrogen) atoms. The van der Waals surface area contributed by atoms with Crippen LogP contribution in [0.15, 0.2) is 34.4 Å². The molecular weight excluding hydrogens is 287 g/mol. The molecule has 0 aromatic rings. The van der Waals surface area contributed by atoms with Crippen LogP contribution in [0.4, 0.5) is 0 Å². The molecule has 0 fully saturated rings. The zero-order chi connectivity index (χ0) is 11.0. The standard InChI is InChI=1S/C11H17IN2/c1-5-7-8-14-11(13-6-2)9(3)10(4)12/h6-8,10H,3,5H2,1-2,4H3/b8-7-,13-6-,14-11+. The van der Waals surface area contributed by atoms with Crippen molar-refractivity contribution in [2.75, 3.05) is 0 Å². The molecule has 0 saturated heterocycles. The van der Waals surface area contributed by atoms with Crippen molar-refractivity contribution in [2.24, 2.45) is 9.98 Å². The summed E-state index contributed by atoms with van der Waals surface area (Å²) < 4.78 is 0.352. The average Bonchev–Trinajstić information content (AvgIpc) is 2.15. The number of allylic oxidation sites excluding steroid dienone is 1. The molecule has 0 aliphatic heterocycles. The highest BCUT2D eigenvalue weighted by Gasteiger charge is 2.07. The maximum atomic E-state index is 4.26. The molecule has 0 spiro atoms. The van der Waals surface area contributed by atoms with Gasteiger partial charge in [-0.25, -0.2) is 9.98 Å². The summed E-state index contributed by atoms with van der Waals surface area (Å²) in [5.41, 5.74) is 0.962. The predicted octanol–water partition coefficient (Wildman–Crippen LogP) is 3.78. The van der Waals surface area contributed by atoms with Gasteiger partial charge in [0.2, 0.25) is 0 Å². The van der Waals surface area contributed by atoms with Gasteiger partial charge in [-0.05, 0) is 20.3 Å². The van der Waals surface area contributed by atoms with Crippen LogP contribution >= 0.6 is 22.6 Å². The summed E-state index contributed by atoms with van der Waals surface area (Å²) in [5.74, 6) is 0.721. The van der Waals surface area contributed by atoms with Crippen LogP contribution in [0.5, 0.6) is 0 Å². The molecule has 0 aliphatic rings. The number of hydrogen-bond donors (Lipinski definition) is 0. The fourth-order valence-electron chi connectivity index (χ4n) is 0.728. The summed E-state index contributed by atoms with van der Waals surface area (Å²) in [5, 5.41) is 0. The molecular formula is C11H17IN2. The second-order valence-electron chi connectivity index (χ2n) is 2.77. The SMILES string of the molecule is C=C(C(/N=C\C)=N\C=C/CC)C(C)I. The molecule has 0 bridgehead atoms. The first-order valence-corrected chi connectivity index (χ1v) is 5.92. The summed E-state index contributed by atoms with van der Waals surface area (Å²) >= 11 is 2.31. The molecule has 0 aromatic heterocycles. The van der Waals surface area contributed by atoms with Gasteiger partial charge < -0.3 is 0 Å². The van der Waals surface area contributed by atoms with Crippen LogP contribution in [0.1, 0.15) is 27.2 Å². The zero-order valence-electron chi connectivity index (χ0n) is 9.00. The van der Waals surface area contributed by atoms with Crippen molar-refractivity contribution in [2.45, 2.75) is 31.1 Å². The predicted molar refractivity (Wildman–Crippen MR) is 73.7 cm³/mol. The highest BCUT2D eigenvalue weighted by Crippen LogP contribution is 2.12. The molecule has 0 radical (unpaired) electrons. The van der Waals surface area contributed by atoms with E-state index in [0.717, 1.165) is 17.8 Å². The number of nitrogens with zero attached hydrogens (tertiary/aromatic N) is 2. The Bertz CT molecular complexity index is 262. The quantitative estimate of drug-likeness (QED) is 0.327. The van der Waals surface area contributed by atoms with Crippen LogP contribution in [-0.4, -0.2) is 16.0 Å². The topological polar surface area (TPSA) is 24.7 Å². The van der Waals surface area contributed by atoms with E-state index in [2.05, 4.69) is 53.0 Å². The lowest BCUT2D eigenvalue weighted by molar-refractivity contribution is 1.20. The molecule has 2 nitrogen and oxygen atoms in total. The third-order valence-electron chi connectivity index (χ3n) is 1.56. The third kappa shape index (κ3) is 5.32. The van der Waals surface area contributed by atoms with E-state index < -0.39 is 0 Å². The molecule has 1 unspecified atom stereocenters. The minimum atomic E-state index is 0.352. The summed E-state index contributed by atoms with van der Waals surface area (Å²) in [6.07, 6.45) is 6.50. The van der Waals surface area contributed by atoms with E-state index in [4.69, 9.17) is 0 Å². The summed E-state index contributed by atoms with van der Waals surface area (Å²) in [7, 11) is 0. The normalized spacial score (nSPS) is 15.3. The van der Waals surface area contributed by atoms with Gasteiger partial charge in [0.1, 0.15) is 0 Å². The van der Waals surface area contributed by atoms with Gasteiger partial charge in [0.05, 0.1) is 0 Å². The minimum Gasteiger partial charge on any atom is -0.242 e. The average molecular weight is 304 g/mol. The van der Waals surface area contributed by atoms with Gasteiger partial charge in [-0.3, -0.25) is 0 Å². The second kappa shape index (κ2) is 7.91.